The third-order valence-electron chi connectivity index (χ3n) is 1.98. The first-order valence-electron chi connectivity index (χ1n) is 4.66. The predicted octanol–water partition coefficient (Wildman–Crippen LogP) is 1.80. The van der Waals surface area contributed by atoms with Gasteiger partial charge in [-0.2, -0.15) is 0 Å². The summed E-state index contributed by atoms with van der Waals surface area (Å²) < 4.78 is 5.06. The number of carbonyl (C=O) groups excluding carboxylic acids is 1. The zero-order valence-electron chi connectivity index (χ0n) is 8.49. The van der Waals surface area contributed by atoms with E-state index in [9.17, 15) is 4.79 Å². The van der Waals surface area contributed by atoms with Gasteiger partial charge < -0.3 is 10.1 Å². The second-order valence-electron chi connectivity index (χ2n) is 2.97. The SMILES string of the molecule is CC[C@H](NC(=O)c1ccccc1)OC. The van der Waals surface area contributed by atoms with Gasteiger partial charge >= 0.3 is 0 Å². The summed E-state index contributed by atoms with van der Waals surface area (Å²) in [6.45, 7) is 1.96. The Morgan fingerprint density at radius 1 is 1.43 bits per heavy atom. The van der Waals surface area contributed by atoms with Gasteiger partial charge in [0.15, 0.2) is 0 Å². The zero-order chi connectivity index (χ0) is 10.4. The number of nitrogens with one attached hydrogen (secondary N) is 1. The molecule has 0 saturated carbocycles. The minimum atomic E-state index is -0.206. The summed E-state index contributed by atoms with van der Waals surface area (Å²) >= 11 is 0. The van der Waals surface area contributed by atoms with Gasteiger partial charge in [0.05, 0.1) is 0 Å². The first-order chi connectivity index (χ1) is 6.77. The topological polar surface area (TPSA) is 38.3 Å². The first kappa shape index (κ1) is 10.7. The van der Waals surface area contributed by atoms with E-state index in [1.165, 1.54) is 0 Å². The van der Waals surface area contributed by atoms with Gasteiger partial charge in [-0.1, -0.05) is 25.1 Å². The normalized spacial score (nSPS) is 12.1. The van der Waals surface area contributed by atoms with Crippen molar-refractivity contribution < 1.29 is 9.53 Å². The van der Waals surface area contributed by atoms with Crippen molar-refractivity contribution in [1.82, 2.24) is 5.32 Å². The van der Waals surface area contributed by atoms with Crippen LogP contribution in [0.15, 0.2) is 30.3 Å². The summed E-state index contributed by atoms with van der Waals surface area (Å²) in [5.74, 6) is -0.0979. The van der Waals surface area contributed by atoms with Gasteiger partial charge in [0.1, 0.15) is 6.23 Å². The molecule has 0 radical (unpaired) electrons. The maximum Gasteiger partial charge on any atom is 0.253 e. The molecule has 1 aromatic rings. The van der Waals surface area contributed by atoms with Crippen molar-refractivity contribution in [3.8, 4) is 0 Å². The van der Waals surface area contributed by atoms with Gasteiger partial charge in [-0.25, -0.2) is 0 Å². The summed E-state index contributed by atoms with van der Waals surface area (Å²) in [5, 5.41) is 2.77. The lowest BCUT2D eigenvalue weighted by Crippen LogP contribution is -2.35. The van der Waals surface area contributed by atoms with Gasteiger partial charge in [-0.05, 0) is 18.6 Å². The largest absolute Gasteiger partial charge is 0.362 e. The molecule has 0 aliphatic heterocycles. The molecular weight excluding hydrogens is 178 g/mol. The van der Waals surface area contributed by atoms with Crippen molar-refractivity contribution in [3.63, 3.8) is 0 Å². The number of rotatable bonds is 4. The van der Waals surface area contributed by atoms with E-state index in [1.54, 1.807) is 19.2 Å². The highest BCUT2D eigenvalue weighted by Gasteiger charge is 2.09. The molecular formula is C11H15NO2. The Balaban J connectivity index is 2.59. The van der Waals surface area contributed by atoms with E-state index in [0.717, 1.165) is 6.42 Å². The third-order valence-corrected chi connectivity index (χ3v) is 1.98. The molecule has 0 aromatic heterocycles. The number of hydrogen-bond donors (Lipinski definition) is 1. The molecule has 0 aliphatic carbocycles. The molecule has 14 heavy (non-hydrogen) atoms. The molecule has 3 nitrogen and oxygen atoms in total. The molecule has 0 spiro atoms. The van der Waals surface area contributed by atoms with Crippen LogP contribution >= 0.6 is 0 Å². The van der Waals surface area contributed by atoms with Crippen molar-refractivity contribution in [2.45, 2.75) is 19.6 Å². The number of hydrogen-bond acceptors (Lipinski definition) is 2. The van der Waals surface area contributed by atoms with E-state index >= 15 is 0 Å². The molecule has 0 bridgehead atoms. The molecule has 1 atom stereocenters. The summed E-state index contributed by atoms with van der Waals surface area (Å²) in [5.41, 5.74) is 0.656. The standard InChI is InChI=1S/C11H15NO2/c1-3-10(14-2)12-11(13)9-7-5-4-6-8-9/h4-8,10H,3H2,1-2H3,(H,12,13)/t10-/m1/s1. The third kappa shape index (κ3) is 2.85. The van der Waals surface area contributed by atoms with Gasteiger partial charge in [-0.15, -0.1) is 0 Å². The minimum absolute atomic E-state index is 0.0979. The average molecular weight is 193 g/mol. The number of methoxy groups -OCH3 is 1. The maximum atomic E-state index is 11.6. The molecule has 0 fully saturated rings. The lowest BCUT2D eigenvalue weighted by Gasteiger charge is -2.14. The molecule has 0 heterocycles. The van der Waals surface area contributed by atoms with Crippen LogP contribution in [-0.2, 0) is 4.74 Å². The quantitative estimate of drug-likeness (QED) is 0.740. The number of ether oxygens (including phenoxy) is 1. The Labute approximate surface area is 84.1 Å². The van der Waals surface area contributed by atoms with Crippen molar-refractivity contribution in [2.75, 3.05) is 7.11 Å². The van der Waals surface area contributed by atoms with E-state index in [4.69, 9.17) is 4.74 Å². The summed E-state index contributed by atoms with van der Waals surface area (Å²) in [6, 6.07) is 9.10. The minimum Gasteiger partial charge on any atom is -0.362 e. The van der Waals surface area contributed by atoms with Crippen molar-refractivity contribution in [1.29, 1.82) is 0 Å². The van der Waals surface area contributed by atoms with Crippen LogP contribution in [0.5, 0.6) is 0 Å². The molecule has 1 aromatic carbocycles. The van der Waals surface area contributed by atoms with Crippen LogP contribution in [0, 0.1) is 0 Å². The second kappa shape index (κ2) is 5.40. The van der Waals surface area contributed by atoms with E-state index < -0.39 is 0 Å². The first-order valence-corrected chi connectivity index (χ1v) is 4.66. The lowest BCUT2D eigenvalue weighted by atomic mass is 10.2. The fourth-order valence-corrected chi connectivity index (χ4v) is 1.15. The monoisotopic (exact) mass is 193 g/mol. The van der Waals surface area contributed by atoms with Crippen LogP contribution in [0.2, 0.25) is 0 Å². The van der Waals surface area contributed by atoms with Gasteiger partial charge in [0, 0.05) is 12.7 Å². The van der Waals surface area contributed by atoms with Crippen molar-refractivity contribution in [2.24, 2.45) is 0 Å². The lowest BCUT2D eigenvalue weighted by molar-refractivity contribution is 0.0562. The van der Waals surface area contributed by atoms with Crippen LogP contribution in [0.3, 0.4) is 0 Å². The molecule has 0 saturated heterocycles. The molecule has 1 N–H and O–H groups in total. The molecule has 1 rings (SSSR count). The highest BCUT2D eigenvalue weighted by atomic mass is 16.5. The molecule has 0 aliphatic rings. The Morgan fingerprint density at radius 3 is 2.57 bits per heavy atom. The van der Waals surface area contributed by atoms with Crippen LogP contribution in [0.25, 0.3) is 0 Å². The maximum absolute atomic E-state index is 11.6. The molecule has 1 amide bonds. The van der Waals surface area contributed by atoms with Crippen LogP contribution < -0.4 is 5.32 Å². The number of amides is 1. The van der Waals surface area contributed by atoms with Crippen molar-refractivity contribution >= 4 is 5.91 Å². The second-order valence-corrected chi connectivity index (χ2v) is 2.97. The predicted molar refractivity (Wildman–Crippen MR) is 55.0 cm³/mol. The molecule has 0 unspecified atom stereocenters. The van der Waals surface area contributed by atoms with Crippen LogP contribution in [-0.4, -0.2) is 19.2 Å². The smallest absolute Gasteiger partial charge is 0.253 e. The van der Waals surface area contributed by atoms with Crippen LogP contribution in [0.1, 0.15) is 23.7 Å². The fraction of sp³-hybridized carbons (Fsp3) is 0.364. The summed E-state index contributed by atoms with van der Waals surface area (Å²) in [4.78, 5) is 11.6. The number of benzene rings is 1. The van der Waals surface area contributed by atoms with Crippen LogP contribution in [0.4, 0.5) is 0 Å². The Kier molecular flexibility index (Phi) is 4.13. The highest BCUT2D eigenvalue weighted by Crippen LogP contribution is 2.00. The van der Waals surface area contributed by atoms with E-state index in [2.05, 4.69) is 5.32 Å². The van der Waals surface area contributed by atoms with E-state index in [0.29, 0.717) is 5.56 Å². The Morgan fingerprint density at radius 2 is 2.07 bits per heavy atom. The Hall–Kier alpha value is -1.35. The van der Waals surface area contributed by atoms with Gasteiger partial charge in [0.2, 0.25) is 0 Å². The summed E-state index contributed by atoms with van der Waals surface area (Å²) in [7, 11) is 1.58. The molecule has 3 heteroatoms. The fourth-order valence-electron chi connectivity index (χ4n) is 1.15. The number of carbonyl (C=O) groups is 1. The Bertz CT molecular complexity index is 281. The van der Waals surface area contributed by atoms with Gasteiger partial charge in [0.25, 0.3) is 5.91 Å². The average Bonchev–Trinajstić information content (AvgIpc) is 2.26. The van der Waals surface area contributed by atoms with Crippen molar-refractivity contribution in [3.05, 3.63) is 35.9 Å². The zero-order valence-corrected chi connectivity index (χ0v) is 8.49. The highest BCUT2D eigenvalue weighted by molar-refractivity contribution is 5.94. The van der Waals surface area contributed by atoms with E-state index in [1.807, 2.05) is 25.1 Å². The van der Waals surface area contributed by atoms with Gasteiger partial charge in [-0.3, -0.25) is 4.79 Å². The summed E-state index contributed by atoms with van der Waals surface area (Å²) in [6.07, 6.45) is 0.553. The molecule has 76 valence electrons. The van der Waals surface area contributed by atoms with E-state index in [-0.39, 0.29) is 12.1 Å².